The molecule has 1 saturated heterocycles. The molecule has 1 aromatic rings. The Bertz CT molecular complexity index is 602. The lowest BCUT2D eigenvalue weighted by atomic mass is 10.1. The normalized spacial score (nSPS) is 17.9. The first-order valence-electron chi connectivity index (χ1n) is 7.99. The van der Waals surface area contributed by atoms with E-state index < -0.39 is 29.5 Å². The zero-order chi connectivity index (χ0) is 17.9. The molecule has 1 heterocycles. The highest BCUT2D eigenvalue weighted by Gasteiger charge is 2.25. The van der Waals surface area contributed by atoms with E-state index in [1.807, 2.05) is 0 Å². The van der Waals surface area contributed by atoms with Crippen LogP contribution in [0.2, 0.25) is 0 Å². The third-order valence-electron chi connectivity index (χ3n) is 3.65. The van der Waals surface area contributed by atoms with E-state index in [2.05, 4.69) is 5.32 Å². The number of rotatable bonds is 4. The van der Waals surface area contributed by atoms with Crippen LogP contribution in [0.3, 0.4) is 0 Å². The summed E-state index contributed by atoms with van der Waals surface area (Å²) >= 11 is 0. The third-order valence-corrected chi connectivity index (χ3v) is 3.65. The molecule has 0 spiro atoms. The number of hydrogen-bond acceptors (Lipinski definition) is 3. The molecule has 0 saturated carbocycles. The molecule has 1 N–H and O–H groups in total. The molecule has 1 aliphatic rings. The molecule has 4 nitrogen and oxygen atoms in total. The van der Waals surface area contributed by atoms with Gasteiger partial charge in [0.1, 0.15) is 23.4 Å². The number of nitrogens with one attached hydrogen (secondary N) is 1. The highest BCUT2D eigenvalue weighted by molar-refractivity contribution is 5.67. The van der Waals surface area contributed by atoms with Crippen molar-refractivity contribution in [3.63, 3.8) is 0 Å². The number of anilines is 1. The summed E-state index contributed by atoms with van der Waals surface area (Å²) in [6.45, 7) is 5.79. The summed E-state index contributed by atoms with van der Waals surface area (Å²) in [6.07, 6.45) is -1.16. The number of ether oxygens (including phenoxy) is 1. The van der Waals surface area contributed by atoms with E-state index in [9.17, 15) is 18.0 Å². The standard InChI is InChI=1S/C17H23F3N2O2/c1-17(2,3)24-16(23)21-6-4-11-8-14(20)15(9-13(11)19)22-7-5-12(18)10-22/h8-9,12H,4-7,10H2,1-3H3,(H,21,23). The van der Waals surface area contributed by atoms with Crippen molar-refractivity contribution in [2.75, 3.05) is 24.5 Å². The Morgan fingerprint density at radius 2 is 2.04 bits per heavy atom. The van der Waals surface area contributed by atoms with Gasteiger partial charge in [0, 0.05) is 25.7 Å². The van der Waals surface area contributed by atoms with E-state index in [1.165, 1.54) is 4.90 Å². The van der Waals surface area contributed by atoms with E-state index in [-0.39, 0.29) is 30.8 Å². The molecular formula is C17H23F3N2O2. The number of alkyl halides is 1. The van der Waals surface area contributed by atoms with E-state index in [4.69, 9.17) is 4.74 Å². The van der Waals surface area contributed by atoms with Crippen molar-refractivity contribution >= 4 is 11.8 Å². The zero-order valence-electron chi connectivity index (χ0n) is 14.2. The SMILES string of the molecule is CC(C)(C)OC(=O)NCCc1cc(F)c(N2CCC(F)C2)cc1F. The molecule has 24 heavy (non-hydrogen) atoms. The summed E-state index contributed by atoms with van der Waals surface area (Å²) in [5.41, 5.74) is -0.382. The molecule has 0 aliphatic carbocycles. The predicted molar refractivity (Wildman–Crippen MR) is 86.0 cm³/mol. The lowest BCUT2D eigenvalue weighted by Crippen LogP contribution is -2.33. The minimum Gasteiger partial charge on any atom is -0.444 e. The number of hydrogen-bond donors (Lipinski definition) is 1. The summed E-state index contributed by atoms with van der Waals surface area (Å²) in [5.74, 6) is -1.16. The van der Waals surface area contributed by atoms with Gasteiger partial charge in [0.05, 0.1) is 5.69 Å². The van der Waals surface area contributed by atoms with Gasteiger partial charge in [0.15, 0.2) is 0 Å². The smallest absolute Gasteiger partial charge is 0.407 e. The van der Waals surface area contributed by atoms with Crippen molar-refractivity contribution in [2.45, 2.75) is 45.4 Å². The van der Waals surface area contributed by atoms with Crippen molar-refractivity contribution < 1.29 is 22.7 Å². The van der Waals surface area contributed by atoms with Crippen LogP contribution < -0.4 is 10.2 Å². The largest absolute Gasteiger partial charge is 0.444 e. The Morgan fingerprint density at radius 3 is 2.62 bits per heavy atom. The molecule has 1 atom stereocenters. The highest BCUT2D eigenvalue weighted by atomic mass is 19.1. The minimum absolute atomic E-state index is 0.0793. The number of carbonyl (C=O) groups is 1. The fraction of sp³-hybridized carbons (Fsp3) is 0.588. The average molecular weight is 344 g/mol. The molecule has 1 amide bonds. The van der Waals surface area contributed by atoms with Crippen molar-refractivity contribution in [1.82, 2.24) is 5.32 Å². The monoisotopic (exact) mass is 344 g/mol. The average Bonchev–Trinajstić information content (AvgIpc) is 2.86. The van der Waals surface area contributed by atoms with Crippen molar-refractivity contribution in [1.29, 1.82) is 0 Å². The van der Waals surface area contributed by atoms with E-state index in [0.717, 1.165) is 12.1 Å². The number of carbonyl (C=O) groups excluding carboxylic acids is 1. The Balaban J connectivity index is 1.94. The summed E-state index contributed by atoms with van der Waals surface area (Å²) in [7, 11) is 0. The molecule has 7 heteroatoms. The summed E-state index contributed by atoms with van der Waals surface area (Å²) < 4.78 is 46.6. The summed E-state index contributed by atoms with van der Waals surface area (Å²) in [4.78, 5) is 13.0. The van der Waals surface area contributed by atoms with Gasteiger partial charge in [0.25, 0.3) is 0 Å². The number of amides is 1. The number of nitrogens with zero attached hydrogens (tertiary/aromatic N) is 1. The fourth-order valence-electron chi connectivity index (χ4n) is 2.56. The topological polar surface area (TPSA) is 41.6 Å². The van der Waals surface area contributed by atoms with Gasteiger partial charge in [-0.15, -0.1) is 0 Å². The third kappa shape index (κ3) is 5.04. The summed E-state index contributed by atoms with van der Waals surface area (Å²) in [5, 5.41) is 2.50. The second-order valence-electron chi connectivity index (χ2n) is 6.91. The lowest BCUT2D eigenvalue weighted by Gasteiger charge is -2.20. The van der Waals surface area contributed by atoms with Gasteiger partial charge >= 0.3 is 6.09 Å². The Labute approximate surface area is 140 Å². The second-order valence-corrected chi connectivity index (χ2v) is 6.91. The van der Waals surface area contributed by atoms with Crippen LogP contribution in [0.25, 0.3) is 0 Å². The molecular weight excluding hydrogens is 321 g/mol. The molecule has 2 rings (SSSR count). The van der Waals surface area contributed by atoms with Gasteiger partial charge in [-0.2, -0.15) is 0 Å². The zero-order valence-corrected chi connectivity index (χ0v) is 14.2. The van der Waals surface area contributed by atoms with Crippen LogP contribution in [0.5, 0.6) is 0 Å². The first-order valence-corrected chi connectivity index (χ1v) is 7.99. The van der Waals surface area contributed by atoms with E-state index >= 15 is 0 Å². The van der Waals surface area contributed by atoms with Crippen LogP contribution >= 0.6 is 0 Å². The maximum Gasteiger partial charge on any atom is 0.407 e. The molecule has 134 valence electrons. The van der Waals surface area contributed by atoms with Gasteiger partial charge in [-0.3, -0.25) is 0 Å². The molecule has 0 radical (unpaired) electrons. The number of alkyl carbamates (subject to hydrolysis) is 1. The lowest BCUT2D eigenvalue weighted by molar-refractivity contribution is 0.0528. The predicted octanol–water partition coefficient (Wildman–Crippen LogP) is 3.58. The molecule has 1 fully saturated rings. The van der Waals surface area contributed by atoms with Gasteiger partial charge in [-0.25, -0.2) is 18.0 Å². The van der Waals surface area contributed by atoms with Crippen LogP contribution in [0, 0.1) is 11.6 Å². The first-order chi connectivity index (χ1) is 11.2. The van der Waals surface area contributed by atoms with Crippen LogP contribution in [-0.2, 0) is 11.2 Å². The second kappa shape index (κ2) is 7.32. The van der Waals surface area contributed by atoms with Crippen LogP contribution in [0.4, 0.5) is 23.7 Å². The number of halogens is 3. The Kier molecular flexibility index (Phi) is 5.62. The van der Waals surface area contributed by atoms with Gasteiger partial charge < -0.3 is 15.0 Å². The minimum atomic E-state index is -1.01. The Hall–Kier alpha value is -1.92. The van der Waals surface area contributed by atoms with Gasteiger partial charge in [-0.05, 0) is 45.2 Å². The maximum atomic E-state index is 14.2. The molecule has 1 aliphatic heterocycles. The van der Waals surface area contributed by atoms with Crippen LogP contribution in [0.15, 0.2) is 12.1 Å². The molecule has 0 bridgehead atoms. The number of benzene rings is 1. The fourth-order valence-corrected chi connectivity index (χ4v) is 2.56. The first kappa shape index (κ1) is 18.4. The maximum absolute atomic E-state index is 14.2. The quantitative estimate of drug-likeness (QED) is 0.908. The van der Waals surface area contributed by atoms with Gasteiger partial charge in [0.2, 0.25) is 0 Å². The Morgan fingerprint density at radius 1 is 1.33 bits per heavy atom. The molecule has 1 unspecified atom stereocenters. The summed E-state index contributed by atoms with van der Waals surface area (Å²) in [6, 6.07) is 2.20. The van der Waals surface area contributed by atoms with Crippen molar-refractivity contribution in [3.8, 4) is 0 Å². The highest BCUT2D eigenvalue weighted by Crippen LogP contribution is 2.27. The van der Waals surface area contributed by atoms with Crippen molar-refractivity contribution in [2.24, 2.45) is 0 Å². The molecule has 1 aromatic carbocycles. The van der Waals surface area contributed by atoms with Crippen molar-refractivity contribution in [3.05, 3.63) is 29.3 Å². The van der Waals surface area contributed by atoms with E-state index in [1.54, 1.807) is 20.8 Å². The van der Waals surface area contributed by atoms with Crippen LogP contribution in [-0.4, -0.2) is 37.5 Å². The van der Waals surface area contributed by atoms with Gasteiger partial charge in [-0.1, -0.05) is 0 Å². The molecule has 0 aromatic heterocycles. The van der Waals surface area contributed by atoms with Crippen LogP contribution in [0.1, 0.15) is 32.8 Å². The van der Waals surface area contributed by atoms with E-state index in [0.29, 0.717) is 13.0 Å².